The van der Waals surface area contributed by atoms with Crippen LogP contribution in [-0.4, -0.2) is 30.2 Å². The molecule has 1 aliphatic carbocycles. The molecule has 0 spiro atoms. The molecule has 0 saturated heterocycles. The van der Waals surface area contributed by atoms with Crippen molar-refractivity contribution in [2.24, 2.45) is 0 Å². The lowest BCUT2D eigenvalue weighted by molar-refractivity contribution is -0.0659. The van der Waals surface area contributed by atoms with Gasteiger partial charge in [0.1, 0.15) is 0 Å². The summed E-state index contributed by atoms with van der Waals surface area (Å²) in [7, 11) is 0. The molecule has 1 amide bonds. The van der Waals surface area contributed by atoms with Gasteiger partial charge in [0.15, 0.2) is 6.23 Å². The highest BCUT2D eigenvalue weighted by Gasteiger charge is 2.41. The molecule has 0 bridgehead atoms. The summed E-state index contributed by atoms with van der Waals surface area (Å²) in [5.74, 6) is 0. The fourth-order valence-electron chi connectivity index (χ4n) is 2.34. The predicted octanol–water partition coefficient (Wildman–Crippen LogP) is 2.94. The Balaban J connectivity index is 1.86. The van der Waals surface area contributed by atoms with Crippen LogP contribution in [0, 0.1) is 0 Å². The van der Waals surface area contributed by atoms with Gasteiger partial charge in [-0.2, -0.15) is 0 Å². The van der Waals surface area contributed by atoms with Crippen LogP contribution >= 0.6 is 11.3 Å². The standard InChI is InChI=1S/C13H17NO3S/c1-2-16-13(15)14(9-3-4-9)12-10-6-8-18-11(10)5-7-17-12/h6,8-9,12H,2-5,7H2,1H3. The van der Waals surface area contributed by atoms with Crippen LogP contribution in [0.15, 0.2) is 11.4 Å². The number of ether oxygens (including phenoxy) is 2. The Kier molecular flexibility index (Phi) is 3.26. The second-order valence-electron chi connectivity index (χ2n) is 4.61. The molecule has 3 rings (SSSR count). The van der Waals surface area contributed by atoms with Gasteiger partial charge in [0.2, 0.25) is 0 Å². The van der Waals surface area contributed by atoms with Crippen LogP contribution in [0.4, 0.5) is 4.79 Å². The van der Waals surface area contributed by atoms with Crippen LogP contribution in [0.1, 0.15) is 36.4 Å². The minimum absolute atomic E-state index is 0.244. The van der Waals surface area contributed by atoms with Crippen LogP contribution in [-0.2, 0) is 15.9 Å². The van der Waals surface area contributed by atoms with E-state index in [0.717, 1.165) is 24.8 Å². The normalized spacial score (nSPS) is 22.4. The molecule has 1 saturated carbocycles. The first-order valence-corrected chi connectivity index (χ1v) is 7.32. The third-order valence-corrected chi connectivity index (χ3v) is 4.32. The van der Waals surface area contributed by atoms with Gasteiger partial charge < -0.3 is 9.47 Å². The fraction of sp³-hybridized carbons (Fsp3) is 0.615. The average molecular weight is 267 g/mol. The van der Waals surface area contributed by atoms with Gasteiger partial charge in [-0.3, -0.25) is 4.90 Å². The Bertz CT molecular complexity index is 441. The van der Waals surface area contributed by atoms with Crippen molar-refractivity contribution >= 4 is 17.4 Å². The van der Waals surface area contributed by atoms with Crippen molar-refractivity contribution in [2.75, 3.05) is 13.2 Å². The molecule has 1 aromatic rings. The van der Waals surface area contributed by atoms with E-state index in [1.807, 2.05) is 6.92 Å². The zero-order chi connectivity index (χ0) is 12.5. The van der Waals surface area contributed by atoms with E-state index in [0.29, 0.717) is 19.3 Å². The number of hydrogen-bond acceptors (Lipinski definition) is 4. The number of carbonyl (C=O) groups excluding carboxylic acids is 1. The van der Waals surface area contributed by atoms with Crippen LogP contribution in [0.5, 0.6) is 0 Å². The van der Waals surface area contributed by atoms with Gasteiger partial charge in [0.25, 0.3) is 0 Å². The number of nitrogens with zero attached hydrogens (tertiary/aromatic N) is 1. The van der Waals surface area contributed by atoms with Crippen LogP contribution in [0.2, 0.25) is 0 Å². The molecule has 98 valence electrons. The molecule has 1 fully saturated rings. The van der Waals surface area contributed by atoms with Gasteiger partial charge in [-0.1, -0.05) is 0 Å². The van der Waals surface area contributed by atoms with E-state index in [2.05, 4.69) is 11.4 Å². The molecule has 1 aromatic heterocycles. The number of carbonyl (C=O) groups is 1. The Labute approximate surface area is 110 Å². The average Bonchev–Trinajstić information content (AvgIpc) is 3.07. The third kappa shape index (κ3) is 2.12. The number of amides is 1. The molecule has 0 radical (unpaired) electrons. The molecule has 4 nitrogen and oxygen atoms in total. The number of hydrogen-bond donors (Lipinski definition) is 0. The van der Waals surface area contributed by atoms with Gasteiger partial charge in [-0.05, 0) is 31.2 Å². The van der Waals surface area contributed by atoms with Crippen molar-refractivity contribution < 1.29 is 14.3 Å². The van der Waals surface area contributed by atoms with E-state index in [1.54, 1.807) is 16.2 Å². The van der Waals surface area contributed by atoms with Gasteiger partial charge in [-0.15, -0.1) is 11.3 Å². The molecule has 0 N–H and O–H groups in total. The maximum absolute atomic E-state index is 12.1. The molecule has 2 heterocycles. The topological polar surface area (TPSA) is 38.8 Å². The number of rotatable bonds is 3. The van der Waals surface area contributed by atoms with E-state index in [9.17, 15) is 4.79 Å². The molecular weight excluding hydrogens is 250 g/mol. The minimum atomic E-state index is -0.246. The summed E-state index contributed by atoms with van der Waals surface area (Å²) in [5.41, 5.74) is 1.14. The molecule has 1 unspecified atom stereocenters. The Hall–Kier alpha value is -1.07. The first-order chi connectivity index (χ1) is 8.81. The van der Waals surface area contributed by atoms with Gasteiger partial charge in [-0.25, -0.2) is 4.79 Å². The van der Waals surface area contributed by atoms with E-state index >= 15 is 0 Å². The predicted molar refractivity (Wildman–Crippen MR) is 68.6 cm³/mol. The van der Waals surface area contributed by atoms with Crippen molar-refractivity contribution in [3.8, 4) is 0 Å². The number of fused-ring (bicyclic) bond motifs is 1. The molecule has 2 aliphatic rings. The Morgan fingerprint density at radius 2 is 2.44 bits per heavy atom. The summed E-state index contributed by atoms with van der Waals surface area (Å²) in [6, 6.07) is 2.36. The molecule has 1 atom stereocenters. The highest BCUT2D eigenvalue weighted by atomic mass is 32.1. The maximum Gasteiger partial charge on any atom is 0.412 e. The van der Waals surface area contributed by atoms with Gasteiger partial charge >= 0.3 is 6.09 Å². The largest absolute Gasteiger partial charge is 0.450 e. The molecule has 18 heavy (non-hydrogen) atoms. The summed E-state index contributed by atoms with van der Waals surface area (Å²) in [6.45, 7) is 2.92. The summed E-state index contributed by atoms with van der Waals surface area (Å²) in [6.07, 6.45) is 2.57. The van der Waals surface area contributed by atoms with Crippen LogP contribution < -0.4 is 0 Å². The molecule has 0 aromatic carbocycles. The first-order valence-electron chi connectivity index (χ1n) is 6.44. The van der Waals surface area contributed by atoms with Gasteiger partial charge in [0, 0.05) is 22.9 Å². The molecule has 1 aliphatic heterocycles. The maximum atomic E-state index is 12.1. The van der Waals surface area contributed by atoms with E-state index < -0.39 is 0 Å². The Morgan fingerprint density at radius 3 is 3.17 bits per heavy atom. The fourth-order valence-corrected chi connectivity index (χ4v) is 3.23. The summed E-state index contributed by atoms with van der Waals surface area (Å²) in [5, 5.41) is 2.07. The minimum Gasteiger partial charge on any atom is -0.450 e. The van der Waals surface area contributed by atoms with Crippen molar-refractivity contribution in [3.63, 3.8) is 0 Å². The van der Waals surface area contributed by atoms with Crippen molar-refractivity contribution in [1.82, 2.24) is 4.90 Å². The van der Waals surface area contributed by atoms with E-state index in [-0.39, 0.29) is 12.3 Å². The molecule has 5 heteroatoms. The number of thiophene rings is 1. The lowest BCUT2D eigenvalue weighted by atomic mass is 10.1. The monoisotopic (exact) mass is 267 g/mol. The molecular formula is C13H17NO3S. The lowest BCUT2D eigenvalue weighted by Crippen LogP contribution is -2.40. The van der Waals surface area contributed by atoms with E-state index in [4.69, 9.17) is 9.47 Å². The Morgan fingerprint density at radius 1 is 1.61 bits per heavy atom. The van der Waals surface area contributed by atoms with Crippen molar-refractivity contribution in [2.45, 2.75) is 38.5 Å². The summed E-state index contributed by atoms with van der Waals surface area (Å²) >= 11 is 1.74. The zero-order valence-electron chi connectivity index (χ0n) is 10.4. The second kappa shape index (κ2) is 4.90. The van der Waals surface area contributed by atoms with Gasteiger partial charge in [0.05, 0.1) is 13.2 Å². The third-order valence-electron chi connectivity index (χ3n) is 3.32. The highest BCUT2D eigenvalue weighted by Crippen LogP contribution is 2.40. The SMILES string of the molecule is CCOC(=O)N(C1CC1)C1OCCc2sccc21. The van der Waals surface area contributed by atoms with Crippen molar-refractivity contribution in [3.05, 3.63) is 21.9 Å². The van der Waals surface area contributed by atoms with Crippen molar-refractivity contribution in [1.29, 1.82) is 0 Å². The summed E-state index contributed by atoms with van der Waals surface area (Å²) < 4.78 is 11.0. The zero-order valence-corrected chi connectivity index (χ0v) is 11.2. The van der Waals surface area contributed by atoms with E-state index in [1.165, 1.54) is 4.88 Å². The first kappa shape index (κ1) is 12.0. The van der Waals surface area contributed by atoms with Crippen LogP contribution in [0.25, 0.3) is 0 Å². The van der Waals surface area contributed by atoms with Crippen LogP contribution in [0.3, 0.4) is 0 Å². The summed E-state index contributed by atoms with van der Waals surface area (Å²) in [4.78, 5) is 15.2. The smallest absolute Gasteiger partial charge is 0.412 e. The second-order valence-corrected chi connectivity index (χ2v) is 5.61. The highest BCUT2D eigenvalue weighted by molar-refractivity contribution is 7.10. The lowest BCUT2D eigenvalue weighted by Gasteiger charge is -2.33. The quantitative estimate of drug-likeness (QED) is 0.845.